The van der Waals surface area contributed by atoms with Crippen LogP contribution < -0.4 is 16.4 Å². The Kier molecular flexibility index (Phi) is 4.10. The molecule has 0 aromatic carbocycles. The Labute approximate surface area is 126 Å². The first-order valence-electron chi connectivity index (χ1n) is 7.06. The summed E-state index contributed by atoms with van der Waals surface area (Å²) in [4.78, 5) is 16.8. The summed E-state index contributed by atoms with van der Waals surface area (Å²) < 4.78 is 5.22. The lowest BCUT2D eigenvalue weighted by atomic mass is 9.93. The Morgan fingerprint density at radius 3 is 3.05 bits per heavy atom. The molecule has 6 nitrogen and oxygen atoms in total. The largest absolute Gasteiger partial charge is 0.469 e. The molecule has 7 heteroatoms. The van der Waals surface area contributed by atoms with E-state index >= 15 is 0 Å². The fraction of sp³-hybridized carbons (Fsp3) is 0.429. The second-order valence-corrected chi connectivity index (χ2v) is 6.09. The number of furan rings is 1. The van der Waals surface area contributed by atoms with Crippen LogP contribution in [0.15, 0.2) is 22.8 Å². The highest BCUT2D eigenvalue weighted by Crippen LogP contribution is 2.29. The number of nitrogen functional groups attached to an aromatic ring is 1. The van der Waals surface area contributed by atoms with Gasteiger partial charge in [-0.1, -0.05) is 11.3 Å². The number of rotatable bonds is 6. The summed E-state index contributed by atoms with van der Waals surface area (Å²) in [6, 6.07) is 4.19. The van der Waals surface area contributed by atoms with Gasteiger partial charge in [-0.05, 0) is 31.4 Å². The normalized spacial score (nSPS) is 14.7. The van der Waals surface area contributed by atoms with Gasteiger partial charge in [0.05, 0.1) is 6.26 Å². The first-order chi connectivity index (χ1) is 10.2. The highest BCUT2D eigenvalue weighted by atomic mass is 32.1. The van der Waals surface area contributed by atoms with E-state index < -0.39 is 0 Å². The number of carbonyl (C=O) groups is 1. The van der Waals surface area contributed by atoms with Crippen molar-refractivity contribution in [1.29, 1.82) is 0 Å². The molecule has 2 heterocycles. The lowest BCUT2D eigenvalue weighted by Gasteiger charge is -2.25. The molecule has 0 saturated heterocycles. The zero-order valence-corrected chi connectivity index (χ0v) is 12.4. The van der Waals surface area contributed by atoms with Gasteiger partial charge in [0.15, 0.2) is 5.13 Å². The predicted molar refractivity (Wildman–Crippen MR) is 82.5 cm³/mol. The Morgan fingerprint density at radius 1 is 1.52 bits per heavy atom. The average Bonchev–Trinajstić information content (AvgIpc) is 3.03. The Morgan fingerprint density at radius 2 is 2.38 bits per heavy atom. The molecule has 0 spiro atoms. The van der Waals surface area contributed by atoms with Crippen molar-refractivity contribution in [2.45, 2.75) is 31.7 Å². The van der Waals surface area contributed by atoms with E-state index in [1.165, 1.54) is 17.8 Å². The topological polar surface area (TPSA) is 93.2 Å². The minimum atomic E-state index is -0.182. The summed E-state index contributed by atoms with van der Waals surface area (Å²) >= 11 is 1.31. The Hall–Kier alpha value is -2.02. The van der Waals surface area contributed by atoms with Crippen molar-refractivity contribution >= 4 is 28.2 Å². The van der Waals surface area contributed by atoms with Crippen molar-refractivity contribution in [2.75, 3.05) is 17.6 Å². The standard InChI is InChI=1S/C14H18N4O2S/c15-12-11(21-14(18-12)17-9-3-1-4-9)13(19)16-7-6-10-5-2-8-20-10/h2,5,8-9H,1,3-4,6-7,15H2,(H,16,19)(H,17,18). The first kappa shape index (κ1) is 13.9. The van der Waals surface area contributed by atoms with Gasteiger partial charge in [-0.15, -0.1) is 0 Å². The first-order valence-corrected chi connectivity index (χ1v) is 7.87. The number of anilines is 2. The van der Waals surface area contributed by atoms with Crippen LogP contribution >= 0.6 is 11.3 Å². The van der Waals surface area contributed by atoms with Gasteiger partial charge in [0, 0.05) is 19.0 Å². The molecule has 3 rings (SSSR count). The number of amides is 1. The van der Waals surface area contributed by atoms with E-state index in [2.05, 4.69) is 15.6 Å². The van der Waals surface area contributed by atoms with E-state index in [1.807, 2.05) is 12.1 Å². The van der Waals surface area contributed by atoms with E-state index in [0.717, 1.165) is 23.7 Å². The summed E-state index contributed by atoms with van der Waals surface area (Å²) in [6.45, 7) is 0.509. The summed E-state index contributed by atoms with van der Waals surface area (Å²) in [6.07, 6.45) is 5.84. The Bertz CT molecular complexity index is 605. The molecule has 1 aliphatic rings. The lowest BCUT2D eigenvalue weighted by Crippen LogP contribution is -2.26. The minimum absolute atomic E-state index is 0.182. The van der Waals surface area contributed by atoms with Crippen molar-refractivity contribution in [3.8, 4) is 0 Å². The zero-order chi connectivity index (χ0) is 14.7. The number of nitrogens with one attached hydrogen (secondary N) is 2. The van der Waals surface area contributed by atoms with Crippen LogP contribution in [0.3, 0.4) is 0 Å². The molecule has 1 amide bonds. The quantitative estimate of drug-likeness (QED) is 0.761. The van der Waals surface area contributed by atoms with Crippen molar-refractivity contribution in [1.82, 2.24) is 10.3 Å². The maximum absolute atomic E-state index is 12.1. The second-order valence-electron chi connectivity index (χ2n) is 5.09. The Balaban J connectivity index is 1.53. The fourth-order valence-electron chi connectivity index (χ4n) is 2.12. The van der Waals surface area contributed by atoms with Crippen LogP contribution in [0.5, 0.6) is 0 Å². The molecular weight excluding hydrogens is 288 g/mol. The maximum Gasteiger partial charge on any atom is 0.265 e. The summed E-state index contributed by atoms with van der Waals surface area (Å²) in [5.74, 6) is 0.954. The summed E-state index contributed by atoms with van der Waals surface area (Å²) in [5.41, 5.74) is 5.82. The van der Waals surface area contributed by atoms with Crippen LogP contribution in [-0.2, 0) is 6.42 Å². The fourth-order valence-corrected chi connectivity index (χ4v) is 3.00. The van der Waals surface area contributed by atoms with E-state index in [9.17, 15) is 4.79 Å². The predicted octanol–water partition coefficient (Wildman–Crippen LogP) is 2.26. The highest BCUT2D eigenvalue weighted by molar-refractivity contribution is 7.18. The molecule has 21 heavy (non-hydrogen) atoms. The number of hydrogen-bond acceptors (Lipinski definition) is 6. The third kappa shape index (κ3) is 3.36. The molecule has 112 valence electrons. The molecule has 2 aromatic rings. The molecular formula is C14H18N4O2S. The van der Waals surface area contributed by atoms with E-state index in [0.29, 0.717) is 23.9 Å². The van der Waals surface area contributed by atoms with Gasteiger partial charge in [-0.3, -0.25) is 4.79 Å². The third-order valence-electron chi connectivity index (χ3n) is 3.53. The van der Waals surface area contributed by atoms with E-state index in [4.69, 9.17) is 10.2 Å². The average molecular weight is 306 g/mol. The summed E-state index contributed by atoms with van der Waals surface area (Å²) in [7, 11) is 0. The molecule has 0 radical (unpaired) electrons. The summed E-state index contributed by atoms with van der Waals surface area (Å²) in [5, 5.41) is 6.87. The van der Waals surface area contributed by atoms with Crippen LogP contribution in [0.4, 0.5) is 10.9 Å². The van der Waals surface area contributed by atoms with Gasteiger partial charge < -0.3 is 20.8 Å². The number of thiazole rings is 1. The SMILES string of the molecule is Nc1nc(NC2CCC2)sc1C(=O)NCCc1ccco1. The van der Waals surface area contributed by atoms with E-state index in [-0.39, 0.29) is 11.7 Å². The van der Waals surface area contributed by atoms with Crippen LogP contribution in [0.25, 0.3) is 0 Å². The maximum atomic E-state index is 12.1. The molecule has 1 aliphatic carbocycles. The molecule has 0 atom stereocenters. The number of carbonyl (C=O) groups excluding carboxylic acids is 1. The van der Waals surface area contributed by atoms with Gasteiger partial charge in [-0.2, -0.15) is 0 Å². The van der Waals surface area contributed by atoms with Crippen molar-refractivity contribution < 1.29 is 9.21 Å². The van der Waals surface area contributed by atoms with Crippen molar-refractivity contribution in [3.63, 3.8) is 0 Å². The van der Waals surface area contributed by atoms with Crippen molar-refractivity contribution in [3.05, 3.63) is 29.0 Å². The van der Waals surface area contributed by atoms with Gasteiger partial charge in [0.2, 0.25) is 0 Å². The van der Waals surface area contributed by atoms with Crippen LogP contribution in [-0.4, -0.2) is 23.5 Å². The number of nitrogens with two attached hydrogens (primary N) is 1. The molecule has 1 saturated carbocycles. The molecule has 0 aliphatic heterocycles. The van der Waals surface area contributed by atoms with Crippen molar-refractivity contribution in [2.24, 2.45) is 0 Å². The highest BCUT2D eigenvalue weighted by Gasteiger charge is 2.21. The molecule has 0 unspecified atom stereocenters. The number of hydrogen-bond donors (Lipinski definition) is 3. The zero-order valence-electron chi connectivity index (χ0n) is 11.6. The van der Waals surface area contributed by atoms with E-state index in [1.54, 1.807) is 6.26 Å². The lowest BCUT2D eigenvalue weighted by molar-refractivity contribution is 0.0958. The van der Waals surface area contributed by atoms with Gasteiger partial charge in [-0.25, -0.2) is 4.98 Å². The van der Waals surface area contributed by atoms with Gasteiger partial charge in [0.25, 0.3) is 5.91 Å². The van der Waals surface area contributed by atoms with Crippen LogP contribution in [0.2, 0.25) is 0 Å². The van der Waals surface area contributed by atoms with Crippen LogP contribution in [0.1, 0.15) is 34.7 Å². The molecule has 1 fully saturated rings. The smallest absolute Gasteiger partial charge is 0.265 e. The molecule has 2 aromatic heterocycles. The third-order valence-corrected chi connectivity index (χ3v) is 4.53. The minimum Gasteiger partial charge on any atom is -0.469 e. The molecule has 4 N–H and O–H groups in total. The number of nitrogens with zero attached hydrogens (tertiary/aromatic N) is 1. The molecule has 0 bridgehead atoms. The van der Waals surface area contributed by atoms with Gasteiger partial charge >= 0.3 is 0 Å². The number of aromatic nitrogens is 1. The van der Waals surface area contributed by atoms with Gasteiger partial charge in [0.1, 0.15) is 16.5 Å². The second kappa shape index (κ2) is 6.17. The van der Waals surface area contributed by atoms with Crippen LogP contribution in [0, 0.1) is 0 Å². The monoisotopic (exact) mass is 306 g/mol.